The van der Waals surface area contributed by atoms with Crippen LogP contribution in [0.4, 0.5) is 10.5 Å². The van der Waals surface area contributed by atoms with Gasteiger partial charge in [0.15, 0.2) is 0 Å². The molecule has 0 aromatic heterocycles. The van der Waals surface area contributed by atoms with Crippen molar-refractivity contribution in [1.82, 2.24) is 4.90 Å². The zero-order chi connectivity index (χ0) is 12.8. The molecule has 17 heavy (non-hydrogen) atoms. The zero-order valence-corrected chi connectivity index (χ0v) is 10.9. The van der Waals surface area contributed by atoms with Crippen molar-refractivity contribution in [3.8, 4) is 5.75 Å². The molecule has 0 aliphatic carbocycles. The SMILES string of the molecule is CCN(CC)C(=O)Nc1ccc(OC)cc1C. The number of nitrogens with one attached hydrogen (secondary N) is 1. The fraction of sp³-hybridized carbons (Fsp3) is 0.462. The molecule has 0 unspecified atom stereocenters. The molecular weight excluding hydrogens is 216 g/mol. The number of rotatable bonds is 4. The summed E-state index contributed by atoms with van der Waals surface area (Å²) in [6.45, 7) is 7.28. The Morgan fingerprint density at radius 1 is 1.35 bits per heavy atom. The maximum Gasteiger partial charge on any atom is 0.321 e. The van der Waals surface area contributed by atoms with Gasteiger partial charge in [-0.1, -0.05) is 0 Å². The quantitative estimate of drug-likeness (QED) is 0.873. The van der Waals surface area contributed by atoms with Gasteiger partial charge in [-0.3, -0.25) is 0 Å². The van der Waals surface area contributed by atoms with E-state index in [0.717, 1.165) is 17.0 Å². The van der Waals surface area contributed by atoms with E-state index in [4.69, 9.17) is 4.74 Å². The molecule has 1 aromatic rings. The highest BCUT2D eigenvalue weighted by atomic mass is 16.5. The van der Waals surface area contributed by atoms with Crippen molar-refractivity contribution >= 4 is 11.7 Å². The maximum atomic E-state index is 11.9. The number of amides is 2. The van der Waals surface area contributed by atoms with Crippen molar-refractivity contribution in [2.45, 2.75) is 20.8 Å². The molecule has 0 radical (unpaired) electrons. The highest BCUT2D eigenvalue weighted by molar-refractivity contribution is 5.90. The van der Waals surface area contributed by atoms with Crippen molar-refractivity contribution in [3.63, 3.8) is 0 Å². The number of carbonyl (C=O) groups is 1. The van der Waals surface area contributed by atoms with Gasteiger partial charge in [0.2, 0.25) is 0 Å². The predicted octanol–water partition coefficient (Wildman–Crippen LogP) is 2.88. The lowest BCUT2D eigenvalue weighted by Crippen LogP contribution is -2.34. The van der Waals surface area contributed by atoms with Crippen molar-refractivity contribution in [2.75, 3.05) is 25.5 Å². The Bertz CT molecular complexity index is 387. The average molecular weight is 236 g/mol. The van der Waals surface area contributed by atoms with E-state index in [1.54, 1.807) is 12.0 Å². The first-order valence-corrected chi connectivity index (χ1v) is 5.82. The summed E-state index contributed by atoms with van der Waals surface area (Å²) in [6, 6.07) is 5.53. The number of hydrogen-bond acceptors (Lipinski definition) is 2. The number of anilines is 1. The fourth-order valence-electron chi connectivity index (χ4n) is 1.61. The van der Waals surface area contributed by atoms with Gasteiger partial charge in [0.1, 0.15) is 5.75 Å². The molecule has 0 bridgehead atoms. The van der Waals surface area contributed by atoms with Gasteiger partial charge in [0.25, 0.3) is 0 Å². The third-order valence-electron chi connectivity index (χ3n) is 2.73. The largest absolute Gasteiger partial charge is 0.497 e. The number of carbonyl (C=O) groups excluding carboxylic acids is 1. The Labute approximate surface area is 103 Å². The number of methoxy groups -OCH3 is 1. The van der Waals surface area contributed by atoms with Crippen LogP contribution < -0.4 is 10.1 Å². The van der Waals surface area contributed by atoms with Crippen LogP contribution in [0.25, 0.3) is 0 Å². The minimum atomic E-state index is -0.0664. The first-order valence-electron chi connectivity index (χ1n) is 5.82. The Morgan fingerprint density at radius 2 is 2.00 bits per heavy atom. The van der Waals surface area contributed by atoms with Gasteiger partial charge >= 0.3 is 6.03 Å². The normalized spacial score (nSPS) is 9.88. The standard InChI is InChI=1S/C13H20N2O2/c1-5-15(6-2)13(16)14-12-8-7-11(17-4)9-10(12)3/h7-9H,5-6H2,1-4H3,(H,14,16). The maximum absolute atomic E-state index is 11.9. The van der Waals surface area contributed by atoms with Crippen molar-refractivity contribution < 1.29 is 9.53 Å². The topological polar surface area (TPSA) is 41.6 Å². The number of aryl methyl sites for hydroxylation is 1. The molecule has 1 rings (SSSR count). The lowest BCUT2D eigenvalue weighted by molar-refractivity contribution is 0.217. The molecule has 0 saturated heterocycles. The Balaban J connectivity index is 2.78. The van der Waals surface area contributed by atoms with Crippen LogP contribution in [-0.2, 0) is 0 Å². The molecule has 2 amide bonds. The van der Waals surface area contributed by atoms with Gasteiger partial charge in [-0.05, 0) is 44.5 Å². The second-order valence-electron chi connectivity index (χ2n) is 3.78. The number of nitrogens with zero attached hydrogens (tertiary/aromatic N) is 1. The Hall–Kier alpha value is -1.71. The first kappa shape index (κ1) is 13.4. The summed E-state index contributed by atoms with van der Waals surface area (Å²) >= 11 is 0. The number of benzene rings is 1. The van der Waals surface area contributed by atoms with E-state index < -0.39 is 0 Å². The van der Waals surface area contributed by atoms with E-state index in [2.05, 4.69) is 5.32 Å². The van der Waals surface area contributed by atoms with E-state index in [1.807, 2.05) is 39.0 Å². The smallest absolute Gasteiger partial charge is 0.321 e. The summed E-state index contributed by atoms with van der Waals surface area (Å²) in [6.07, 6.45) is 0. The van der Waals surface area contributed by atoms with Crippen LogP contribution in [0.5, 0.6) is 5.75 Å². The summed E-state index contributed by atoms with van der Waals surface area (Å²) in [5.74, 6) is 0.795. The third-order valence-corrected chi connectivity index (χ3v) is 2.73. The van der Waals surface area contributed by atoms with Crippen LogP contribution in [0.2, 0.25) is 0 Å². The summed E-state index contributed by atoms with van der Waals surface area (Å²) in [4.78, 5) is 13.6. The summed E-state index contributed by atoms with van der Waals surface area (Å²) < 4.78 is 5.12. The van der Waals surface area contributed by atoms with Crippen LogP contribution >= 0.6 is 0 Å². The van der Waals surface area contributed by atoms with Crippen molar-refractivity contribution in [2.24, 2.45) is 0 Å². The number of hydrogen-bond donors (Lipinski definition) is 1. The van der Waals surface area contributed by atoms with Crippen molar-refractivity contribution in [3.05, 3.63) is 23.8 Å². The van der Waals surface area contributed by atoms with E-state index in [9.17, 15) is 4.79 Å². The van der Waals surface area contributed by atoms with Crippen molar-refractivity contribution in [1.29, 1.82) is 0 Å². The highest BCUT2D eigenvalue weighted by Gasteiger charge is 2.10. The molecule has 1 N–H and O–H groups in total. The molecule has 0 spiro atoms. The monoisotopic (exact) mass is 236 g/mol. The predicted molar refractivity (Wildman–Crippen MR) is 69.7 cm³/mol. The molecule has 0 heterocycles. The zero-order valence-electron chi connectivity index (χ0n) is 10.9. The Kier molecular flexibility index (Phi) is 4.82. The van der Waals surface area contributed by atoms with Gasteiger partial charge in [-0.15, -0.1) is 0 Å². The van der Waals surface area contributed by atoms with Crippen LogP contribution in [0, 0.1) is 6.92 Å². The average Bonchev–Trinajstić information content (AvgIpc) is 2.33. The van der Waals surface area contributed by atoms with Crippen LogP contribution in [-0.4, -0.2) is 31.1 Å². The molecule has 0 aliphatic heterocycles. The number of urea groups is 1. The van der Waals surface area contributed by atoms with Gasteiger partial charge in [0, 0.05) is 18.8 Å². The molecular formula is C13H20N2O2. The van der Waals surface area contributed by atoms with E-state index in [1.165, 1.54) is 0 Å². The van der Waals surface area contributed by atoms with Crippen LogP contribution in [0.3, 0.4) is 0 Å². The van der Waals surface area contributed by atoms with Crippen LogP contribution in [0.1, 0.15) is 19.4 Å². The molecule has 0 saturated carbocycles. The lowest BCUT2D eigenvalue weighted by atomic mass is 10.2. The van der Waals surface area contributed by atoms with Gasteiger partial charge in [-0.25, -0.2) is 4.79 Å². The lowest BCUT2D eigenvalue weighted by Gasteiger charge is -2.20. The summed E-state index contributed by atoms with van der Waals surface area (Å²) in [5.41, 5.74) is 1.81. The minimum absolute atomic E-state index is 0.0664. The second kappa shape index (κ2) is 6.13. The molecule has 0 aliphatic rings. The third kappa shape index (κ3) is 3.37. The molecule has 4 heteroatoms. The molecule has 4 nitrogen and oxygen atoms in total. The minimum Gasteiger partial charge on any atom is -0.497 e. The van der Waals surface area contributed by atoms with Gasteiger partial charge in [-0.2, -0.15) is 0 Å². The molecule has 1 aromatic carbocycles. The van der Waals surface area contributed by atoms with Gasteiger partial charge in [0.05, 0.1) is 7.11 Å². The van der Waals surface area contributed by atoms with E-state index in [0.29, 0.717) is 13.1 Å². The Morgan fingerprint density at radius 3 is 2.47 bits per heavy atom. The molecule has 94 valence electrons. The molecule has 0 atom stereocenters. The van der Waals surface area contributed by atoms with Crippen LogP contribution in [0.15, 0.2) is 18.2 Å². The highest BCUT2D eigenvalue weighted by Crippen LogP contribution is 2.21. The first-order chi connectivity index (χ1) is 8.12. The molecule has 0 fully saturated rings. The fourth-order valence-corrected chi connectivity index (χ4v) is 1.61. The number of ether oxygens (including phenoxy) is 1. The summed E-state index contributed by atoms with van der Waals surface area (Å²) in [5, 5.41) is 2.89. The summed E-state index contributed by atoms with van der Waals surface area (Å²) in [7, 11) is 1.63. The van der Waals surface area contributed by atoms with E-state index >= 15 is 0 Å². The van der Waals surface area contributed by atoms with Gasteiger partial charge < -0.3 is 15.0 Å². The second-order valence-corrected chi connectivity index (χ2v) is 3.78. The van der Waals surface area contributed by atoms with E-state index in [-0.39, 0.29) is 6.03 Å².